The number of rotatable bonds is 2. The summed E-state index contributed by atoms with van der Waals surface area (Å²) in [5.74, 6) is -0.403. The lowest BCUT2D eigenvalue weighted by molar-refractivity contribution is 0.204. The first kappa shape index (κ1) is 10.8. The fraction of sp³-hybridized carbons (Fsp3) is 0.250. The Morgan fingerprint density at radius 2 is 2.12 bits per heavy atom. The van der Waals surface area contributed by atoms with Crippen molar-refractivity contribution >= 4 is 0 Å². The van der Waals surface area contributed by atoms with E-state index in [2.05, 4.69) is 5.10 Å². The molecule has 2 aromatic rings. The molecule has 0 saturated carbocycles. The lowest BCUT2D eigenvalue weighted by Crippen LogP contribution is -2.08. The van der Waals surface area contributed by atoms with Crippen LogP contribution in [0.5, 0.6) is 0 Å². The number of aliphatic hydroxyl groups excluding tert-OH is 1. The molecule has 3 nitrogen and oxygen atoms in total. The number of hydrogen-bond acceptors (Lipinski definition) is 2. The minimum atomic E-state index is -0.979. The minimum Gasteiger partial charge on any atom is -0.382 e. The molecule has 2 rings (SSSR count). The summed E-state index contributed by atoms with van der Waals surface area (Å²) >= 11 is 0. The molecule has 0 saturated heterocycles. The van der Waals surface area contributed by atoms with Crippen molar-refractivity contribution in [3.05, 3.63) is 53.1 Å². The van der Waals surface area contributed by atoms with Crippen molar-refractivity contribution in [1.29, 1.82) is 0 Å². The van der Waals surface area contributed by atoms with Crippen molar-refractivity contribution in [3.63, 3.8) is 0 Å². The van der Waals surface area contributed by atoms with E-state index in [-0.39, 0.29) is 5.56 Å². The molecule has 0 spiro atoms. The first-order valence-corrected chi connectivity index (χ1v) is 5.01. The van der Waals surface area contributed by atoms with Gasteiger partial charge in [0.25, 0.3) is 0 Å². The van der Waals surface area contributed by atoms with Crippen LogP contribution < -0.4 is 0 Å². The van der Waals surface area contributed by atoms with Crippen LogP contribution >= 0.6 is 0 Å². The van der Waals surface area contributed by atoms with Crippen LogP contribution in [0, 0.1) is 12.7 Å². The van der Waals surface area contributed by atoms with Crippen LogP contribution in [0.1, 0.15) is 22.9 Å². The zero-order valence-electron chi connectivity index (χ0n) is 9.18. The highest BCUT2D eigenvalue weighted by molar-refractivity contribution is 5.30. The normalized spacial score (nSPS) is 12.8. The van der Waals surface area contributed by atoms with Crippen molar-refractivity contribution in [2.24, 2.45) is 7.05 Å². The molecule has 0 aliphatic rings. The summed E-state index contributed by atoms with van der Waals surface area (Å²) in [5.41, 5.74) is 1.77. The van der Waals surface area contributed by atoms with Crippen LogP contribution in [0.3, 0.4) is 0 Å². The van der Waals surface area contributed by atoms with E-state index in [4.69, 9.17) is 0 Å². The predicted molar refractivity (Wildman–Crippen MR) is 58.4 cm³/mol. The Morgan fingerprint density at radius 3 is 2.75 bits per heavy atom. The Balaban J connectivity index is 2.45. The van der Waals surface area contributed by atoms with Crippen LogP contribution in [0.15, 0.2) is 30.5 Å². The molecular weight excluding hydrogens is 207 g/mol. The van der Waals surface area contributed by atoms with Crippen LogP contribution in [0.2, 0.25) is 0 Å². The molecule has 16 heavy (non-hydrogen) atoms. The summed E-state index contributed by atoms with van der Waals surface area (Å²) in [6.07, 6.45) is 0.596. The van der Waals surface area contributed by atoms with Crippen molar-refractivity contribution in [2.45, 2.75) is 13.0 Å². The maximum atomic E-state index is 13.6. The van der Waals surface area contributed by atoms with Crippen molar-refractivity contribution in [1.82, 2.24) is 9.78 Å². The van der Waals surface area contributed by atoms with Crippen molar-refractivity contribution in [3.8, 4) is 0 Å². The van der Waals surface area contributed by atoms with E-state index in [9.17, 15) is 9.50 Å². The summed E-state index contributed by atoms with van der Waals surface area (Å²) in [6, 6.07) is 6.36. The third-order valence-corrected chi connectivity index (χ3v) is 2.59. The molecule has 1 N–H and O–H groups in total. The zero-order chi connectivity index (χ0) is 11.7. The Morgan fingerprint density at radius 1 is 1.38 bits per heavy atom. The van der Waals surface area contributed by atoms with Gasteiger partial charge in [-0.05, 0) is 19.1 Å². The van der Waals surface area contributed by atoms with Gasteiger partial charge in [-0.15, -0.1) is 0 Å². The lowest BCUT2D eigenvalue weighted by Gasteiger charge is -2.12. The molecule has 1 aromatic heterocycles. The molecule has 84 valence electrons. The Labute approximate surface area is 93.2 Å². The molecule has 0 bridgehead atoms. The van der Waals surface area contributed by atoms with E-state index in [1.54, 1.807) is 31.4 Å². The number of aliphatic hydroxyl groups is 1. The maximum Gasteiger partial charge on any atom is 0.129 e. The number of hydrogen-bond donors (Lipinski definition) is 1. The van der Waals surface area contributed by atoms with Gasteiger partial charge in [-0.3, -0.25) is 4.68 Å². The van der Waals surface area contributed by atoms with E-state index < -0.39 is 11.9 Å². The molecule has 1 unspecified atom stereocenters. The monoisotopic (exact) mass is 220 g/mol. The molecule has 1 atom stereocenters. The molecule has 1 heterocycles. The van der Waals surface area contributed by atoms with Gasteiger partial charge in [0.1, 0.15) is 11.9 Å². The molecule has 4 heteroatoms. The molecule has 1 aromatic carbocycles. The molecule has 0 aliphatic heterocycles. The summed E-state index contributed by atoms with van der Waals surface area (Å²) in [4.78, 5) is 0. The quantitative estimate of drug-likeness (QED) is 0.840. The topological polar surface area (TPSA) is 38.1 Å². The second-order valence-corrected chi connectivity index (χ2v) is 3.81. The smallest absolute Gasteiger partial charge is 0.129 e. The summed E-state index contributed by atoms with van der Waals surface area (Å²) in [6.45, 7) is 1.86. The second-order valence-electron chi connectivity index (χ2n) is 3.81. The lowest BCUT2D eigenvalue weighted by atomic mass is 10.0. The van der Waals surface area contributed by atoms with Gasteiger partial charge in [0.15, 0.2) is 0 Å². The molecular formula is C12H13FN2O. The van der Waals surface area contributed by atoms with Gasteiger partial charge in [0.2, 0.25) is 0 Å². The van der Waals surface area contributed by atoms with Crippen LogP contribution in [0.25, 0.3) is 0 Å². The largest absolute Gasteiger partial charge is 0.382 e. The van der Waals surface area contributed by atoms with E-state index in [0.29, 0.717) is 5.69 Å². The van der Waals surface area contributed by atoms with Gasteiger partial charge in [0, 0.05) is 18.8 Å². The molecule has 0 radical (unpaired) electrons. The maximum absolute atomic E-state index is 13.6. The van der Waals surface area contributed by atoms with E-state index in [1.165, 1.54) is 10.7 Å². The first-order chi connectivity index (χ1) is 7.59. The Kier molecular flexibility index (Phi) is 2.75. The van der Waals surface area contributed by atoms with Crippen molar-refractivity contribution in [2.75, 3.05) is 0 Å². The second kappa shape index (κ2) is 4.06. The summed E-state index contributed by atoms with van der Waals surface area (Å²) < 4.78 is 15.1. The van der Waals surface area contributed by atoms with Gasteiger partial charge >= 0.3 is 0 Å². The summed E-state index contributed by atoms with van der Waals surface area (Å²) in [7, 11) is 1.71. The van der Waals surface area contributed by atoms with Crippen LogP contribution in [-0.4, -0.2) is 14.9 Å². The van der Waals surface area contributed by atoms with E-state index >= 15 is 0 Å². The average Bonchev–Trinajstić information content (AvgIpc) is 2.67. The SMILES string of the molecule is Cc1ccc(F)c(C(O)c2ccnn2C)c1. The Bertz CT molecular complexity index is 507. The standard InChI is InChI=1S/C12H13FN2O/c1-8-3-4-10(13)9(7-8)12(16)11-5-6-14-15(11)2/h3-7,12,16H,1-2H3. The van der Waals surface area contributed by atoms with E-state index in [0.717, 1.165) is 5.56 Å². The van der Waals surface area contributed by atoms with Gasteiger partial charge in [0.05, 0.1) is 5.69 Å². The first-order valence-electron chi connectivity index (χ1n) is 5.01. The predicted octanol–water partition coefficient (Wildman–Crippen LogP) is 1.95. The summed E-state index contributed by atoms with van der Waals surface area (Å²) in [5, 5.41) is 14.0. The number of benzene rings is 1. The number of aromatic nitrogens is 2. The third kappa shape index (κ3) is 1.84. The number of nitrogens with zero attached hydrogens (tertiary/aromatic N) is 2. The van der Waals surface area contributed by atoms with Gasteiger partial charge in [-0.2, -0.15) is 5.10 Å². The molecule has 0 fully saturated rings. The van der Waals surface area contributed by atoms with Crippen LogP contribution in [0.4, 0.5) is 4.39 Å². The number of aryl methyl sites for hydroxylation is 2. The van der Waals surface area contributed by atoms with Gasteiger partial charge in [-0.25, -0.2) is 4.39 Å². The van der Waals surface area contributed by atoms with Crippen LogP contribution in [-0.2, 0) is 7.05 Å². The van der Waals surface area contributed by atoms with Gasteiger partial charge in [-0.1, -0.05) is 17.7 Å². The minimum absolute atomic E-state index is 0.281. The fourth-order valence-electron chi connectivity index (χ4n) is 1.68. The highest BCUT2D eigenvalue weighted by atomic mass is 19.1. The van der Waals surface area contributed by atoms with Crippen molar-refractivity contribution < 1.29 is 9.50 Å². The highest BCUT2D eigenvalue weighted by Crippen LogP contribution is 2.24. The van der Waals surface area contributed by atoms with E-state index in [1.807, 2.05) is 6.92 Å². The molecule has 0 amide bonds. The fourth-order valence-corrected chi connectivity index (χ4v) is 1.68. The molecule has 0 aliphatic carbocycles. The number of halogens is 1. The third-order valence-electron chi connectivity index (χ3n) is 2.59. The highest BCUT2D eigenvalue weighted by Gasteiger charge is 2.17. The zero-order valence-corrected chi connectivity index (χ0v) is 9.18. The Hall–Kier alpha value is -1.68. The average molecular weight is 220 g/mol. The van der Waals surface area contributed by atoms with Gasteiger partial charge < -0.3 is 5.11 Å².